The van der Waals surface area contributed by atoms with Crippen LogP contribution in [-0.2, 0) is 4.74 Å². The van der Waals surface area contributed by atoms with E-state index < -0.39 is 0 Å². The van der Waals surface area contributed by atoms with Crippen LogP contribution < -0.4 is 5.32 Å². The first-order valence-corrected chi connectivity index (χ1v) is 7.40. The van der Waals surface area contributed by atoms with E-state index in [1.165, 1.54) is 51.9 Å². The van der Waals surface area contributed by atoms with Crippen molar-refractivity contribution in [3.05, 3.63) is 0 Å². The second kappa shape index (κ2) is 6.56. The van der Waals surface area contributed by atoms with E-state index in [2.05, 4.69) is 17.1 Å². The fourth-order valence-electron chi connectivity index (χ4n) is 3.38. The van der Waals surface area contributed by atoms with E-state index in [9.17, 15) is 0 Å². The summed E-state index contributed by atoms with van der Waals surface area (Å²) < 4.78 is 6.08. The quantitative estimate of drug-likeness (QED) is 0.851. The monoisotopic (exact) mass is 274 g/mol. The van der Waals surface area contributed by atoms with Crippen molar-refractivity contribution in [3.63, 3.8) is 0 Å². The molecule has 0 aromatic heterocycles. The zero-order valence-electron chi connectivity index (χ0n) is 11.4. The highest BCUT2D eigenvalue weighted by Crippen LogP contribution is 2.36. The summed E-state index contributed by atoms with van der Waals surface area (Å²) in [4.78, 5) is 2.67. The average Bonchev–Trinajstić information content (AvgIpc) is 3.13. The molecule has 2 atom stereocenters. The minimum atomic E-state index is 0. The maximum absolute atomic E-state index is 6.08. The molecule has 18 heavy (non-hydrogen) atoms. The van der Waals surface area contributed by atoms with Crippen LogP contribution in [0.25, 0.3) is 0 Å². The smallest absolute Gasteiger partial charge is 0.0734 e. The molecule has 106 valence electrons. The Kier molecular flexibility index (Phi) is 5.31. The summed E-state index contributed by atoms with van der Waals surface area (Å²) in [5.74, 6) is 1.80. The lowest BCUT2D eigenvalue weighted by Crippen LogP contribution is -2.49. The van der Waals surface area contributed by atoms with Crippen molar-refractivity contribution in [2.24, 2.45) is 11.8 Å². The Morgan fingerprint density at radius 3 is 2.50 bits per heavy atom. The lowest BCUT2D eigenvalue weighted by atomic mass is 9.97. The van der Waals surface area contributed by atoms with Gasteiger partial charge in [-0.2, -0.15) is 0 Å². The Morgan fingerprint density at radius 2 is 1.83 bits per heavy atom. The number of hydrogen-bond donors (Lipinski definition) is 1. The van der Waals surface area contributed by atoms with Crippen LogP contribution in [0.3, 0.4) is 0 Å². The summed E-state index contributed by atoms with van der Waals surface area (Å²) in [7, 11) is 0. The van der Waals surface area contributed by atoms with Crippen LogP contribution in [0.1, 0.15) is 32.6 Å². The van der Waals surface area contributed by atoms with Crippen LogP contribution in [0.15, 0.2) is 0 Å². The topological polar surface area (TPSA) is 24.5 Å². The van der Waals surface area contributed by atoms with Gasteiger partial charge in [0.05, 0.1) is 12.2 Å². The molecule has 3 fully saturated rings. The standard InChI is InChI=1S/C14H26N2O.ClH/c1-11-8-16(9-12-4-6-15-7-5-12)10-14(17-11)13-2-3-13;/h11-15H,2-10H2,1H3;1H. The fourth-order valence-corrected chi connectivity index (χ4v) is 3.38. The molecule has 3 aliphatic rings. The molecule has 2 aliphatic heterocycles. The Labute approximate surface area is 117 Å². The van der Waals surface area contributed by atoms with Gasteiger partial charge in [0.15, 0.2) is 0 Å². The van der Waals surface area contributed by atoms with E-state index in [4.69, 9.17) is 4.74 Å². The van der Waals surface area contributed by atoms with Gasteiger partial charge in [-0.15, -0.1) is 12.4 Å². The summed E-state index contributed by atoms with van der Waals surface area (Å²) in [6, 6.07) is 0. The molecule has 0 radical (unpaired) electrons. The molecule has 3 rings (SSSR count). The van der Waals surface area contributed by atoms with Crippen molar-refractivity contribution in [3.8, 4) is 0 Å². The van der Waals surface area contributed by atoms with Crippen LogP contribution in [0, 0.1) is 11.8 Å². The molecular formula is C14H27ClN2O. The van der Waals surface area contributed by atoms with Gasteiger partial charge in [-0.25, -0.2) is 0 Å². The summed E-state index contributed by atoms with van der Waals surface area (Å²) in [5, 5.41) is 3.45. The van der Waals surface area contributed by atoms with Crippen LogP contribution in [-0.4, -0.2) is 49.8 Å². The summed E-state index contributed by atoms with van der Waals surface area (Å²) >= 11 is 0. The first-order chi connectivity index (χ1) is 8.31. The number of ether oxygens (including phenoxy) is 1. The molecular weight excluding hydrogens is 248 g/mol. The van der Waals surface area contributed by atoms with Crippen LogP contribution in [0.2, 0.25) is 0 Å². The SMILES string of the molecule is CC1CN(CC2CCNCC2)CC(C2CC2)O1.Cl. The zero-order chi connectivity index (χ0) is 11.7. The third kappa shape index (κ3) is 3.83. The van der Waals surface area contributed by atoms with Crippen molar-refractivity contribution in [1.29, 1.82) is 0 Å². The molecule has 4 heteroatoms. The van der Waals surface area contributed by atoms with Crippen molar-refractivity contribution >= 4 is 12.4 Å². The minimum absolute atomic E-state index is 0. The summed E-state index contributed by atoms with van der Waals surface area (Å²) in [6.45, 7) is 8.32. The van der Waals surface area contributed by atoms with Gasteiger partial charge in [0.2, 0.25) is 0 Å². The van der Waals surface area contributed by atoms with Gasteiger partial charge in [0.25, 0.3) is 0 Å². The number of halogens is 1. The molecule has 1 aliphatic carbocycles. The Bertz CT molecular complexity index is 254. The summed E-state index contributed by atoms with van der Waals surface area (Å²) in [6.07, 6.45) is 6.51. The van der Waals surface area contributed by atoms with Crippen LogP contribution >= 0.6 is 12.4 Å². The van der Waals surface area contributed by atoms with Crippen molar-refractivity contribution in [2.75, 3.05) is 32.7 Å². The van der Waals surface area contributed by atoms with Crippen molar-refractivity contribution < 1.29 is 4.74 Å². The highest BCUT2D eigenvalue weighted by Gasteiger charge is 2.37. The molecule has 3 nitrogen and oxygen atoms in total. The molecule has 0 amide bonds. The van der Waals surface area contributed by atoms with Gasteiger partial charge in [-0.3, -0.25) is 4.90 Å². The molecule has 1 saturated carbocycles. The largest absolute Gasteiger partial charge is 0.372 e. The number of hydrogen-bond acceptors (Lipinski definition) is 3. The molecule has 2 heterocycles. The van der Waals surface area contributed by atoms with E-state index in [-0.39, 0.29) is 12.4 Å². The second-order valence-corrected chi connectivity index (χ2v) is 6.23. The predicted molar refractivity (Wildman–Crippen MR) is 76.3 cm³/mol. The maximum atomic E-state index is 6.08. The zero-order valence-corrected chi connectivity index (χ0v) is 12.3. The lowest BCUT2D eigenvalue weighted by Gasteiger charge is -2.39. The fraction of sp³-hybridized carbons (Fsp3) is 1.00. The molecule has 1 N–H and O–H groups in total. The number of nitrogens with zero attached hydrogens (tertiary/aromatic N) is 1. The first-order valence-electron chi connectivity index (χ1n) is 7.40. The number of rotatable bonds is 3. The average molecular weight is 275 g/mol. The molecule has 0 bridgehead atoms. The van der Waals surface area contributed by atoms with E-state index in [0.717, 1.165) is 18.4 Å². The molecule has 0 spiro atoms. The Hall–Kier alpha value is 0.170. The van der Waals surface area contributed by atoms with Crippen LogP contribution in [0.5, 0.6) is 0 Å². The van der Waals surface area contributed by atoms with E-state index in [1.54, 1.807) is 0 Å². The molecule has 0 aromatic rings. The van der Waals surface area contributed by atoms with E-state index in [0.29, 0.717) is 12.2 Å². The van der Waals surface area contributed by atoms with Gasteiger partial charge in [0, 0.05) is 19.6 Å². The van der Waals surface area contributed by atoms with Gasteiger partial charge in [-0.05, 0) is 57.5 Å². The number of nitrogens with one attached hydrogen (secondary N) is 1. The van der Waals surface area contributed by atoms with Gasteiger partial charge in [-0.1, -0.05) is 0 Å². The molecule has 0 aromatic carbocycles. The van der Waals surface area contributed by atoms with Gasteiger partial charge >= 0.3 is 0 Å². The highest BCUT2D eigenvalue weighted by molar-refractivity contribution is 5.85. The third-order valence-corrected chi connectivity index (χ3v) is 4.48. The Morgan fingerprint density at radius 1 is 1.11 bits per heavy atom. The second-order valence-electron chi connectivity index (χ2n) is 6.23. The molecule has 2 saturated heterocycles. The number of piperidine rings is 1. The highest BCUT2D eigenvalue weighted by atomic mass is 35.5. The lowest BCUT2D eigenvalue weighted by molar-refractivity contribution is -0.0895. The summed E-state index contributed by atoms with van der Waals surface area (Å²) in [5.41, 5.74) is 0. The first kappa shape index (κ1) is 14.6. The van der Waals surface area contributed by atoms with Crippen molar-refractivity contribution in [1.82, 2.24) is 10.2 Å². The van der Waals surface area contributed by atoms with Crippen LogP contribution in [0.4, 0.5) is 0 Å². The van der Waals surface area contributed by atoms with E-state index in [1.807, 2.05) is 0 Å². The Balaban J connectivity index is 0.00000120. The normalized spacial score (nSPS) is 35.2. The minimum Gasteiger partial charge on any atom is -0.372 e. The molecule has 2 unspecified atom stereocenters. The van der Waals surface area contributed by atoms with Gasteiger partial charge < -0.3 is 10.1 Å². The van der Waals surface area contributed by atoms with Crippen molar-refractivity contribution in [2.45, 2.75) is 44.8 Å². The predicted octanol–water partition coefficient (Wildman–Crippen LogP) is 1.91. The third-order valence-electron chi connectivity index (χ3n) is 4.48. The maximum Gasteiger partial charge on any atom is 0.0734 e. The number of morpholine rings is 1. The van der Waals surface area contributed by atoms with E-state index >= 15 is 0 Å². The van der Waals surface area contributed by atoms with Gasteiger partial charge in [0.1, 0.15) is 0 Å².